The van der Waals surface area contributed by atoms with Crippen LogP contribution in [-0.4, -0.2) is 42.2 Å². The molecule has 1 atom stereocenters. The Kier molecular flexibility index (Phi) is 5.41. The quantitative estimate of drug-likeness (QED) is 0.832. The van der Waals surface area contributed by atoms with E-state index in [0.717, 1.165) is 19.0 Å². The lowest BCUT2D eigenvalue weighted by molar-refractivity contribution is 0.0696. The fourth-order valence-corrected chi connectivity index (χ4v) is 2.77. The van der Waals surface area contributed by atoms with Crippen LogP contribution in [-0.2, 0) is 0 Å². The van der Waals surface area contributed by atoms with Crippen molar-refractivity contribution in [1.29, 1.82) is 0 Å². The lowest BCUT2D eigenvalue weighted by atomic mass is 10.0. The number of likely N-dealkylation sites (tertiary alicyclic amines) is 1. The van der Waals surface area contributed by atoms with Crippen LogP contribution in [0.15, 0.2) is 24.3 Å². The number of ether oxygens (including phenoxy) is 1. The van der Waals surface area contributed by atoms with Gasteiger partial charge in [-0.15, -0.1) is 0 Å². The van der Waals surface area contributed by atoms with Gasteiger partial charge in [-0.2, -0.15) is 0 Å². The predicted molar refractivity (Wildman–Crippen MR) is 78.4 cm³/mol. The Labute approximate surface area is 120 Å². The summed E-state index contributed by atoms with van der Waals surface area (Å²) in [4.78, 5) is 13.3. The average Bonchev–Trinajstić information content (AvgIpc) is 2.87. The van der Waals surface area contributed by atoms with Gasteiger partial charge in [0.05, 0.1) is 5.56 Å². The van der Waals surface area contributed by atoms with Crippen LogP contribution >= 0.6 is 0 Å². The average molecular weight is 277 g/mol. The zero-order valence-corrected chi connectivity index (χ0v) is 12.0. The van der Waals surface area contributed by atoms with Gasteiger partial charge in [-0.3, -0.25) is 4.90 Å². The standard InChI is InChI=1S/C16H23NO3/c1-2-4-13-7-8-17(12-13)9-10-20-15-6-3-5-14(11-15)16(18)19/h3,5-6,11,13H,2,4,7-10,12H2,1H3,(H,18,19). The van der Waals surface area contributed by atoms with Crippen molar-refractivity contribution in [3.63, 3.8) is 0 Å². The number of nitrogens with zero attached hydrogens (tertiary/aromatic N) is 1. The second kappa shape index (κ2) is 7.29. The number of benzene rings is 1. The molecule has 0 aromatic heterocycles. The van der Waals surface area contributed by atoms with Crippen molar-refractivity contribution in [3.8, 4) is 5.75 Å². The van der Waals surface area contributed by atoms with E-state index in [-0.39, 0.29) is 5.56 Å². The summed E-state index contributed by atoms with van der Waals surface area (Å²) in [5, 5.41) is 8.92. The molecule has 1 aromatic carbocycles. The molecule has 1 aliphatic rings. The van der Waals surface area contributed by atoms with Crippen molar-refractivity contribution in [2.45, 2.75) is 26.2 Å². The first-order valence-electron chi connectivity index (χ1n) is 7.37. The molecule has 1 heterocycles. The summed E-state index contributed by atoms with van der Waals surface area (Å²) >= 11 is 0. The maximum atomic E-state index is 10.9. The van der Waals surface area contributed by atoms with Gasteiger partial charge >= 0.3 is 5.97 Å². The van der Waals surface area contributed by atoms with E-state index in [1.807, 2.05) is 0 Å². The Morgan fingerprint density at radius 1 is 1.50 bits per heavy atom. The lowest BCUT2D eigenvalue weighted by Gasteiger charge is -2.16. The SMILES string of the molecule is CCCC1CCN(CCOc2cccc(C(=O)O)c2)C1. The van der Waals surface area contributed by atoms with Crippen LogP contribution in [0.3, 0.4) is 0 Å². The Balaban J connectivity index is 1.73. The molecular weight excluding hydrogens is 254 g/mol. The van der Waals surface area contributed by atoms with Crippen LogP contribution < -0.4 is 4.74 Å². The summed E-state index contributed by atoms with van der Waals surface area (Å²) in [6.45, 7) is 6.09. The fraction of sp³-hybridized carbons (Fsp3) is 0.562. The van der Waals surface area contributed by atoms with E-state index >= 15 is 0 Å². The van der Waals surface area contributed by atoms with Crippen LogP contribution in [0.5, 0.6) is 5.75 Å². The molecule has 110 valence electrons. The van der Waals surface area contributed by atoms with Crippen LogP contribution in [0.2, 0.25) is 0 Å². The zero-order chi connectivity index (χ0) is 14.4. The number of carbonyl (C=O) groups is 1. The molecule has 1 N–H and O–H groups in total. The Morgan fingerprint density at radius 2 is 2.35 bits per heavy atom. The minimum atomic E-state index is -0.919. The molecule has 4 nitrogen and oxygen atoms in total. The normalized spacial score (nSPS) is 19.1. The third-order valence-electron chi connectivity index (χ3n) is 3.82. The summed E-state index contributed by atoms with van der Waals surface area (Å²) < 4.78 is 5.65. The van der Waals surface area contributed by atoms with E-state index in [4.69, 9.17) is 9.84 Å². The van der Waals surface area contributed by atoms with E-state index in [1.54, 1.807) is 24.3 Å². The molecule has 1 saturated heterocycles. The molecule has 0 saturated carbocycles. The minimum Gasteiger partial charge on any atom is -0.492 e. The Bertz CT molecular complexity index is 447. The highest BCUT2D eigenvalue weighted by molar-refractivity contribution is 5.87. The third-order valence-corrected chi connectivity index (χ3v) is 3.82. The molecular formula is C16H23NO3. The van der Waals surface area contributed by atoms with Gasteiger partial charge in [-0.1, -0.05) is 19.4 Å². The van der Waals surface area contributed by atoms with Gasteiger partial charge in [-0.25, -0.2) is 4.79 Å². The first-order chi connectivity index (χ1) is 9.69. The summed E-state index contributed by atoms with van der Waals surface area (Å²) in [6, 6.07) is 6.67. The Hall–Kier alpha value is -1.55. The van der Waals surface area contributed by atoms with Gasteiger partial charge in [0.1, 0.15) is 12.4 Å². The van der Waals surface area contributed by atoms with E-state index in [2.05, 4.69) is 11.8 Å². The first-order valence-corrected chi connectivity index (χ1v) is 7.37. The molecule has 0 radical (unpaired) electrons. The molecule has 1 unspecified atom stereocenters. The highest BCUT2D eigenvalue weighted by atomic mass is 16.5. The van der Waals surface area contributed by atoms with Crippen molar-refractivity contribution >= 4 is 5.97 Å². The molecule has 0 aliphatic carbocycles. The van der Waals surface area contributed by atoms with Gasteiger partial charge in [0, 0.05) is 13.1 Å². The monoisotopic (exact) mass is 277 g/mol. The summed E-state index contributed by atoms with van der Waals surface area (Å²) in [6.07, 6.45) is 3.87. The van der Waals surface area contributed by atoms with Crippen LogP contribution in [0.1, 0.15) is 36.5 Å². The molecule has 1 fully saturated rings. The zero-order valence-electron chi connectivity index (χ0n) is 12.0. The largest absolute Gasteiger partial charge is 0.492 e. The Morgan fingerprint density at radius 3 is 3.10 bits per heavy atom. The molecule has 1 aliphatic heterocycles. The number of carboxylic acid groups (broad SMARTS) is 1. The lowest BCUT2D eigenvalue weighted by Crippen LogP contribution is -2.26. The number of hydrogen-bond acceptors (Lipinski definition) is 3. The molecule has 0 amide bonds. The van der Waals surface area contributed by atoms with Crippen molar-refractivity contribution in [1.82, 2.24) is 4.90 Å². The van der Waals surface area contributed by atoms with Gasteiger partial charge < -0.3 is 9.84 Å². The smallest absolute Gasteiger partial charge is 0.335 e. The third kappa shape index (κ3) is 4.23. The maximum absolute atomic E-state index is 10.9. The summed E-state index contributed by atoms with van der Waals surface area (Å²) in [7, 11) is 0. The topological polar surface area (TPSA) is 49.8 Å². The molecule has 0 spiro atoms. The minimum absolute atomic E-state index is 0.270. The van der Waals surface area contributed by atoms with Crippen molar-refractivity contribution in [2.24, 2.45) is 5.92 Å². The van der Waals surface area contributed by atoms with Crippen molar-refractivity contribution in [3.05, 3.63) is 29.8 Å². The van der Waals surface area contributed by atoms with Gasteiger partial charge in [0.25, 0.3) is 0 Å². The van der Waals surface area contributed by atoms with E-state index in [1.165, 1.54) is 25.8 Å². The molecule has 2 rings (SSSR count). The first kappa shape index (κ1) is 14.9. The molecule has 4 heteroatoms. The molecule has 20 heavy (non-hydrogen) atoms. The molecule has 0 bridgehead atoms. The number of aromatic carboxylic acids is 1. The van der Waals surface area contributed by atoms with Crippen LogP contribution in [0, 0.1) is 5.92 Å². The molecule has 1 aromatic rings. The van der Waals surface area contributed by atoms with E-state index in [9.17, 15) is 4.79 Å². The van der Waals surface area contributed by atoms with Crippen molar-refractivity contribution in [2.75, 3.05) is 26.2 Å². The number of carboxylic acids is 1. The highest BCUT2D eigenvalue weighted by Gasteiger charge is 2.21. The predicted octanol–water partition coefficient (Wildman–Crippen LogP) is 2.89. The second-order valence-corrected chi connectivity index (χ2v) is 5.43. The highest BCUT2D eigenvalue weighted by Crippen LogP contribution is 2.20. The number of rotatable bonds is 7. The summed E-state index contributed by atoms with van der Waals surface area (Å²) in [5.41, 5.74) is 0.270. The van der Waals surface area contributed by atoms with Crippen LogP contribution in [0.4, 0.5) is 0 Å². The van der Waals surface area contributed by atoms with Crippen LogP contribution in [0.25, 0.3) is 0 Å². The second-order valence-electron chi connectivity index (χ2n) is 5.43. The van der Waals surface area contributed by atoms with Crippen molar-refractivity contribution < 1.29 is 14.6 Å². The van der Waals surface area contributed by atoms with E-state index in [0.29, 0.717) is 12.4 Å². The van der Waals surface area contributed by atoms with Gasteiger partial charge in [0.15, 0.2) is 0 Å². The maximum Gasteiger partial charge on any atom is 0.335 e. The van der Waals surface area contributed by atoms with E-state index < -0.39 is 5.97 Å². The summed E-state index contributed by atoms with van der Waals surface area (Å²) in [5.74, 6) is 0.557. The fourth-order valence-electron chi connectivity index (χ4n) is 2.77. The number of hydrogen-bond donors (Lipinski definition) is 1. The van der Waals surface area contributed by atoms with Gasteiger partial charge in [-0.05, 0) is 43.5 Å². The van der Waals surface area contributed by atoms with Gasteiger partial charge in [0.2, 0.25) is 0 Å².